The largest absolute Gasteiger partial charge is 0.387 e. The van der Waals surface area contributed by atoms with E-state index in [1.807, 2.05) is 4.57 Å². The second-order valence-corrected chi connectivity index (χ2v) is 3.67. The van der Waals surface area contributed by atoms with E-state index in [0.29, 0.717) is 0 Å². The first-order valence-corrected chi connectivity index (χ1v) is 5.47. The summed E-state index contributed by atoms with van der Waals surface area (Å²) in [5.41, 5.74) is 0.959. The molecule has 1 aromatic rings. The molecule has 0 fully saturated rings. The number of aryl methyl sites for hydroxylation is 1. The van der Waals surface area contributed by atoms with Crippen LogP contribution in [0.15, 0.2) is 12.5 Å². The van der Waals surface area contributed by atoms with Gasteiger partial charge in [0.2, 0.25) is 0 Å². The molecule has 0 aliphatic heterocycles. The Labute approximate surface area is 85.8 Å². The first-order valence-electron chi connectivity index (χ1n) is 5.47. The molecule has 1 unspecified atom stereocenters. The third-order valence-corrected chi connectivity index (χ3v) is 2.38. The average Bonchev–Trinajstić information content (AvgIpc) is 2.63. The van der Waals surface area contributed by atoms with E-state index < -0.39 is 0 Å². The van der Waals surface area contributed by atoms with Crippen molar-refractivity contribution < 1.29 is 5.11 Å². The monoisotopic (exact) mass is 196 g/mol. The van der Waals surface area contributed by atoms with Crippen LogP contribution in [-0.4, -0.2) is 14.7 Å². The van der Waals surface area contributed by atoms with Gasteiger partial charge in [0.05, 0.1) is 24.3 Å². The molecule has 0 aliphatic rings. The highest BCUT2D eigenvalue weighted by Gasteiger charge is 2.11. The van der Waals surface area contributed by atoms with Crippen molar-refractivity contribution in [1.29, 1.82) is 0 Å². The molecule has 1 aromatic heterocycles. The minimum absolute atomic E-state index is 0.344. The van der Waals surface area contributed by atoms with Crippen molar-refractivity contribution in [1.82, 2.24) is 9.55 Å². The lowest BCUT2D eigenvalue weighted by atomic mass is 10.1. The van der Waals surface area contributed by atoms with Crippen LogP contribution in [-0.2, 0) is 6.54 Å². The van der Waals surface area contributed by atoms with E-state index >= 15 is 0 Å². The van der Waals surface area contributed by atoms with E-state index in [4.69, 9.17) is 0 Å². The number of unbranched alkanes of at least 4 members (excludes halogenated alkanes) is 1. The van der Waals surface area contributed by atoms with Crippen LogP contribution < -0.4 is 0 Å². The fraction of sp³-hybridized carbons (Fsp3) is 0.727. The summed E-state index contributed by atoms with van der Waals surface area (Å²) in [5, 5.41) is 9.89. The van der Waals surface area contributed by atoms with Gasteiger partial charge in [0, 0.05) is 6.54 Å². The summed E-state index contributed by atoms with van der Waals surface area (Å²) in [6.45, 7) is 5.21. The molecule has 0 amide bonds. The molecule has 0 bridgehead atoms. The van der Waals surface area contributed by atoms with E-state index in [-0.39, 0.29) is 6.10 Å². The topological polar surface area (TPSA) is 38.1 Å². The zero-order chi connectivity index (χ0) is 10.4. The summed E-state index contributed by atoms with van der Waals surface area (Å²) in [7, 11) is 0. The summed E-state index contributed by atoms with van der Waals surface area (Å²) in [6, 6.07) is 0. The molecule has 1 atom stereocenters. The lowest BCUT2D eigenvalue weighted by Crippen LogP contribution is -2.06. The summed E-state index contributed by atoms with van der Waals surface area (Å²) in [4.78, 5) is 4.07. The van der Waals surface area contributed by atoms with Gasteiger partial charge in [-0.25, -0.2) is 4.98 Å². The second-order valence-electron chi connectivity index (χ2n) is 3.67. The highest BCUT2D eigenvalue weighted by molar-refractivity contribution is 5.02. The molecule has 3 nitrogen and oxygen atoms in total. The number of hydrogen-bond donors (Lipinski definition) is 1. The molecular weight excluding hydrogens is 176 g/mol. The molecule has 1 rings (SSSR count). The van der Waals surface area contributed by atoms with Crippen LogP contribution in [0.4, 0.5) is 0 Å². The van der Waals surface area contributed by atoms with Crippen LogP contribution in [0.2, 0.25) is 0 Å². The third kappa shape index (κ3) is 2.84. The van der Waals surface area contributed by atoms with Crippen LogP contribution in [0, 0.1) is 0 Å². The SMILES string of the molecule is CCCCC(O)c1cncn1CCC. The standard InChI is InChI=1S/C11H20N2O/c1-3-5-6-11(14)10-8-12-9-13(10)7-4-2/h8-9,11,14H,3-7H2,1-2H3. The third-order valence-electron chi connectivity index (χ3n) is 2.38. The van der Waals surface area contributed by atoms with E-state index in [1.165, 1.54) is 0 Å². The van der Waals surface area contributed by atoms with Gasteiger partial charge in [0.25, 0.3) is 0 Å². The average molecular weight is 196 g/mol. The normalized spacial score (nSPS) is 13.1. The first-order chi connectivity index (χ1) is 6.79. The highest BCUT2D eigenvalue weighted by atomic mass is 16.3. The molecule has 0 spiro atoms. The Morgan fingerprint density at radius 2 is 2.21 bits per heavy atom. The molecule has 0 radical (unpaired) electrons. The first kappa shape index (κ1) is 11.2. The van der Waals surface area contributed by atoms with Crippen molar-refractivity contribution in [3.05, 3.63) is 18.2 Å². The molecule has 1 N–H and O–H groups in total. The maximum atomic E-state index is 9.89. The summed E-state index contributed by atoms with van der Waals surface area (Å²) >= 11 is 0. The lowest BCUT2D eigenvalue weighted by Gasteiger charge is -2.12. The van der Waals surface area contributed by atoms with Gasteiger partial charge in [-0.3, -0.25) is 0 Å². The number of hydrogen-bond acceptors (Lipinski definition) is 2. The van der Waals surface area contributed by atoms with Crippen LogP contribution in [0.1, 0.15) is 51.3 Å². The predicted molar refractivity (Wildman–Crippen MR) is 57.0 cm³/mol. The van der Waals surface area contributed by atoms with Crippen molar-refractivity contribution in [2.75, 3.05) is 0 Å². The Morgan fingerprint density at radius 1 is 1.43 bits per heavy atom. The summed E-state index contributed by atoms with van der Waals surface area (Å²) in [5.74, 6) is 0. The number of imidazole rings is 1. The Kier molecular flexibility index (Phi) is 4.66. The number of aliphatic hydroxyl groups excluding tert-OH is 1. The van der Waals surface area contributed by atoms with Crippen LogP contribution in [0.25, 0.3) is 0 Å². The Hall–Kier alpha value is -0.830. The molecule has 0 saturated carbocycles. The van der Waals surface area contributed by atoms with Crippen LogP contribution in [0.3, 0.4) is 0 Å². The summed E-state index contributed by atoms with van der Waals surface area (Å²) in [6.07, 6.45) is 7.33. The highest BCUT2D eigenvalue weighted by Crippen LogP contribution is 2.18. The van der Waals surface area contributed by atoms with Gasteiger partial charge in [-0.15, -0.1) is 0 Å². The van der Waals surface area contributed by atoms with Crippen molar-refractivity contribution >= 4 is 0 Å². The Balaban J connectivity index is 2.58. The Bertz CT molecular complexity index is 258. The fourth-order valence-electron chi connectivity index (χ4n) is 1.58. The van der Waals surface area contributed by atoms with Gasteiger partial charge in [-0.2, -0.15) is 0 Å². The van der Waals surface area contributed by atoms with E-state index in [1.54, 1.807) is 12.5 Å². The molecule has 0 saturated heterocycles. The van der Waals surface area contributed by atoms with Crippen LogP contribution in [0.5, 0.6) is 0 Å². The molecule has 3 heteroatoms. The zero-order valence-electron chi connectivity index (χ0n) is 9.11. The predicted octanol–water partition coefficient (Wildman–Crippen LogP) is 2.52. The van der Waals surface area contributed by atoms with E-state index in [2.05, 4.69) is 18.8 Å². The zero-order valence-corrected chi connectivity index (χ0v) is 9.11. The maximum Gasteiger partial charge on any atom is 0.0955 e. The van der Waals surface area contributed by atoms with Gasteiger partial charge in [0.15, 0.2) is 0 Å². The van der Waals surface area contributed by atoms with Crippen molar-refractivity contribution in [3.63, 3.8) is 0 Å². The number of aromatic nitrogens is 2. The second kappa shape index (κ2) is 5.81. The molecule has 0 aliphatic carbocycles. The van der Waals surface area contributed by atoms with E-state index in [0.717, 1.165) is 37.9 Å². The van der Waals surface area contributed by atoms with Crippen LogP contribution >= 0.6 is 0 Å². The lowest BCUT2D eigenvalue weighted by molar-refractivity contribution is 0.155. The number of aliphatic hydroxyl groups is 1. The molecule has 80 valence electrons. The minimum Gasteiger partial charge on any atom is -0.387 e. The van der Waals surface area contributed by atoms with Gasteiger partial charge in [-0.1, -0.05) is 26.7 Å². The summed E-state index contributed by atoms with van der Waals surface area (Å²) < 4.78 is 2.04. The Morgan fingerprint density at radius 3 is 2.86 bits per heavy atom. The molecule has 14 heavy (non-hydrogen) atoms. The van der Waals surface area contributed by atoms with Gasteiger partial charge in [0.1, 0.15) is 0 Å². The smallest absolute Gasteiger partial charge is 0.0955 e. The molecule has 1 heterocycles. The van der Waals surface area contributed by atoms with E-state index in [9.17, 15) is 5.11 Å². The fourth-order valence-corrected chi connectivity index (χ4v) is 1.58. The minimum atomic E-state index is -0.344. The van der Waals surface area contributed by atoms with Gasteiger partial charge < -0.3 is 9.67 Å². The van der Waals surface area contributed by atoms with Crippen molar-refractivity contribution in [2.24, 2.45) is 0 Å². The quantitative estimate of drug-likeness (QED) is 0.759. The number of nitrogens with zero attached hydrogens (tertiary/aromatic N) is 2. The van der Waals surface area contributed by atoms with Crippen molar-refractivity contribution in [2.45, 2.75) is 52.2 Å². The molecular formula is C11H20N2O. The van der Waals surface area contributed by atoms with Gasteiger partial charge in [-0.05, 0) is 12.8 Å². The maximum absolute atomic E-state index is 9.89. The van der Waals surface area contributed by atoms with Crippen molar-refractivity contribution in [3.8, 4) is 0 Å². The number of rotatable bonds is 6. The van der Waals surface area contributed by atoms with Gasteiger partial charge >= 0.3 is 0 Å². The molecule has 0 aromatic carbocycles.